The van der Waals surface area contributed by atoms with E-state index in [0.29, 0.717) is 0 Å². The highest BCUT2D eigenvalue weighted by molar-refractivity contribution is 5.85. The van der Waals surface area contributed by atoms with Crippen LogP contribution in [0.3, 0.4) is 0 Å². The van der Waals surface area contributed by atoms with Crippen molar-refractivity contribution >= 4 is 5.97 Å². The standard InChI is InChI=1S/C7H10O2/c1-4-5(2)6(4)7(8)9-3/h6H,1-3H3. The molecular formula is C7H10O2. The smallest absolute Gasteiger partial charge is 0.316 e. The maximum atomic E-state index is 10.7. The van der Waals surface area contributed by atoms with E-state index in [-0.39, 0.29) is 11.9 Å². The largest absolute Gasteiger partial charge is 0.468 e. The highest BCUT2D eigenvalue weighted by atomic mass is 16.5. The molecule has 0 aromatic heterocycles. The second-order valence-electron chi connectivity index (χ2n) is 2.32. The van der Waals surface area contributed by atoms with E-state index in [1.165, 1.54) is 18.3 Å². The van der Waals surface area contributed by atoms with Gasteiger partial charge in [0.25, 0.3) is 0 Å². The average Bonchev–Trinajstić information content (AvgIpc) is 2.40. The van der Waals surface area contributed by atoms with Gasteiger partial charge in [-0.2, -0.15) is 0 Å². The Morgan fingerprint density at radius 2 is 1.89 bits per heavy atom. The first kappa shape index (κ1) is 6.33. The Morgan fingerprint density at radius 3 is 2.00 bits per heavy atom. The van der Waals surface area contributed by atoms with Gasteiger partial charge in [0, 0.05) is 0 Å². The van der Waals surface area contributed by atoms with Crippen molar-refractivity contribution in [2.75, 3.05) is 7.11 Å². The predicted molar refractivity (Wildman–Crippen MR) is 33.9 cm³/mol. The average molecular weight is 126 g/mol. The van der Waals surface area contributed by atoms with Crippen LogP contribution in [0, 0.1) is 5.92 Å². The second-order valence-corrected chi connectivity index (χ2v) is 2.32. The number of hydrogen-bond donors (Lipinski definition) is 0. The Hall–Kier alpha value is -0.790. The number of rotatable bonds is 1. The van der Waals surface area contributed by atoms with E-state index in [0.717, 1.165) is 0 Å². The fraction of sp³-hybridized carbons (Fsp3) is 0.571. The van der Waals surface area contributed by atoms with Crippen LogP contribution in [0.4, 0.5) is 0 Å². The lowest BCUT2D eigenvalue weighted by atomic mass is 10.3. The molecular weight excluding hydrogens is 116 g/mol. The van der Waals surface area contributed by atoms with Crippen molar-refractivity contribution in [3.05, 3.63) is 11.1 Å². The van der Waals surface area contributed by atoms with Gasteiger partial charge in [-0.3, -0.25) is 4.79 Å². The molecule has 0 bridgehead atoms. The number of hydrogen-bond acceptors (Lipinski definition) is 2. The minimum atomic E-state index is -0.120. The molecule has 0 radical (unpaired) electrons. The van der Waals surface area contributed by atoms with Gasteiger partial charge in [-0.1, -0.05) is 11.1 Å². The van der Waals surface area contributed by atoms with Crippen LogP contribution in [0.5, 0.6) is 0 Å². The highest BCUT2D eigenvalue weighted by Crippen LogP contribution is 2.38. The summed E-state index contributed by atoms with van der Waals surface area (Å²) in [5, 5.41) is 0. The highest BCUT2D eigenvalue weighted by Gasteiger charge is 2.36. The number of carbonyl (C=O) groups excluding carboxylic acids is 1. The van der Waals surface area contributed by atoms with Crippen LogP contribution in [0.15, 0.2) is 11.1 Å². The zero-order valence-corrected chi connectivity index (χ0v) is 5.89. The van der Waals surface area contributed by atoms with Gasteiger partial charge in [0.15, 0.2) is 0 Å². The third-order valence-electron chi connectivity index (χ3n) is 1.84. The maximum absolute atomic E-state index is 10.7. The number of carbonyl (C=O) groups is 1. The quantitative estimate of drug-likeness (QED) is 0.389. The molecule has 2 nitrogen and oxygen atoms in total. The van der Waals surface area contributed by atoms with Gasteiger partial charge >= 0.3 is 5.97 Å². The molecule has 0 unspecified atom stereocenters. The molecule has 9 heavy (non-hydrogen) atoms. The summed E-state index contributed by atoms with van der Waals surface area (Å²) in [5.74, 6) is -0.0972. The van der Waals surface area contributed by atoms with E-state index in [1.54, 1.807) is 0 Å². The van der Waals surface area contributed by atoms with E-state index in [2.05, 4.69) is 4.74 Å². The zero-order valence-electron chi connectivity index (χ0n) is 5.89. The second kappa shape index (κ2) is 1.87. The lowest BCUT2D eigenvalue weighted by molar-refractivity contribution is -0.141. The summed E-state index contributed by atoms with van der Waals surface area (Å²) in [6.45, 7) is 3.91. The Bertz CT molecular complexity index is 167. The summed E-state index contributed by atoms with van der Waals surface area (Å²) < 4.78 is 4.53. The number of ether oxygens (including phenoxy) is 1. The Balaban J connectivity index is 2.46. The molecule has 0 saturated heterocycles. The fourth-order valence-corrected chi connectivity index (χ4v) is 0.946. The Labute approximate surface area is 54.5 Å². The van der Waals surface area contributed by atoms with Crippen molar-refractivity contribution in [1.29, 1.82) is 0 Å². The summed E-state index contributed by atoms with van der Waals surface area (Å²) in [7, 11) is 1.42. The molecule has 0 aliphatic heterocycles. The van der Waals surface area contributed by atoms with Crippen molar-refractivity contribution in [3.63, 3.8) is 0 Å². The van der Waals surface area contributed by atoms with E-state index >= 15 is 0 Å². The van der Waals surface area contributed by atoms with Crippen molar-refractivity contribution in [2.45, 2.75) is 13.8 Å². The molecule has 0 aromatic rings. The molecule has 0 saturated carbocycles. The molecule has 0 atom stereocenters. The number of methoxy groups -OCH3 is 1. The molecule has 50 valence electrons. The first-order chi connectivity index (χ1) is 4.18. The van der Waals surface area contributed by atoms with Crippen molar-refractivity contribution in [1.82, 2.24) is 0 Å². The summed E-state index contributed by atoms with van der Waals surface area (Å²) >= 11 is 0. The minimum Gasteiger partial charge on any atom is -0.468 e. The SMILES string of the molecule is COC(=O)C1C(C)=C1C. The van der Waals surface area contributed by atoms with Gasteiger partial charge in [-0.15, -0.1) is 0 Å². The minimum absolute atomic E-state index is 0.0231. The van der Waals surface area contributed by atoms with Gasteiger partial charge in [0.1, 0.15) is 0 Å². The van der Waals surface area contributed by atoms with Crippen LogP contribution in [-0.2, 0) is 9.53 Å². The van der Waals surface area contributed by atoms with Crippen molar-refractivity contribution < 1.29 is 9.53 Å². The van der Waals surface area contributed by atoms with Crippen LogP contribution in [-0.4, -0.2) is 13.1 Å². The third kappa shape index (κ3) is 0.846. The molecule has 0 spiro atoms. The molecule has 1 aliphatic rings. The van der Waals surface area contributed by atoms with E-state index in [9.17, 15) is 4.79 Å². The van der Waals surface area contributed by atoms with Crippen LogP contribution in [0.1, 0.15) is 13.8 Å². The van der Waals surface area contributed by atoms with Crippen LogP contribution in [0.25, 0.3) is 0 Å². The van der Waals surface area contributed by atoms with Gasteiger partial charge in [0.05, 0.1) is 13.0 Å². The lowest BCUT2D eigenvalue weighted by Crippen LogP contribution is -2.05. The fourth-order valence-electron chi connectivity index (χ4n) is 0.946. The lowest BCUT2D eigenvalue weighted by Gasteiger charge is -1.94. The molecule has 1 aliphatic carbocycles. The molecule has 2 heteroatoms. The zero-order chi connectivity index (χ0) is 7.02. The van der Waals surface area contributed by atoms with Crippen molar-refractivity contribution in [3.8, 4) is 0 Å². The Kier molecular flexibility index (Phi) is 1.31. The summed E-state index contributed by atoms with van der Waals surface area (Å²) in [4.78, 5) is 10.7. The summed E-state index contributed by atoms with van der Waals surface area (Å²) in [6, 6.07) is 0. The molecule has 0 fully saturated rings. The van der Waals surface area contributed by atoms with Crippen molar-refractivity contribution in [2.24, 2.45) is 5.92 Å². The van der Waals surface area contributed by atoms with Gasteiger partial charge in [0.2, 0.25) is 0 Å². The first-order valence-corrected chi connectivity index (χ1v) is 2.93. The van der Waals surface area contributed by atoms with Crippen LogP contribution >= 0.6 is 0 Å². The van der Waals surface area contributed by atoms with E-state index in [1.807, 2.05) is 13.8 Å². The van der Waals surface area contributed by atoms with Crippen LogP contribution < -0.4 is 0 Å². The third-order valence-corrected chi connectivity index (χ3v) is 1.84. The van der Waals surface area contributed by atoms with Gasteiger partial charge < -0.3 is 4.74 Å². The normalized spacial score (nSPS) is 18.1. The van der Waals surface area contributed by atoms with E-state index in [4.69, 9.17) is 0 Å². The molecule has 1 rings (SSSR count). The summed E-state index contributed by atoms with van der Waals surface area (Å²) in [6.07, 6.45) is 0. The maximum Gasteiger partial charge on any atom is 0.316 e. The molecule has 0 aromatic carbocycles. The summed E-state index contributed by atoms with van der Waals surface area (Å²) in [5.41, 5.74) is 2.34. The Morgan fingerprint density at radius 1 is 1.44 bits per heavy atom. The molecule has 0 heterocycles. The molecule has 0 amide bonds. The van der Waals surface area contributed by atoms with Gasteiger partial charge in [-0.25, -0.2) is 0 Å². The monoisotopic (exact) mass is 126 g/mol. The van der Waals surface area contributed by atoms with Crippen LogP contribution in [0.2, 0.25) is 0 Å². The molecule has 0 N–H and O–H groups in total. The topological polar surface area (TPSA) is 26.3 Å². The number of esters is 1. The first-order valence-electron chi connectivity index (χ1n) is 2.93. The van der Waals surface area contributed by atoms with Gasteiger partial charge in [-0.05, 0) is 13.8 Å². The van der Waals surface area contributed by atoms with E-state index < -0.39 is 0 Å². The predicted octanol–water partition coefficient (Wildman–Crippen LogP) is 1.13.